The number of anilines is 4. The monoisotopic (exact) mass is 644 g/mol. The zero-order chi connectivity index (χ0) is 32.6. The van der Waals surface area contributed by atoms with Gasteiger partial charge in [0, 0.05) is 43.7 Å². The molecule has 1 unspecified atom stereocenters. The molecular formula is C30H34F3N7O4P+. The Kier molecular flexibility index (Phi) is 11.1. The minimum absolute atomic E-state index is 0.0129. The SMILES string of the molecule is CCC[P+](=O)Cc1ccc(Nc2ncc(C(F)(F)F)c(Nc3ccc(-c4cnn(CCCO)c4)cc3C(=O)NC)n2)c(OC)c1. The highest BCUT2D eigenvalue weighted by molar-refractivity contribution is 7.43. The number of benzene rings is 2. The third-order valence-electron chi connectivity index (χ3n) is 6.69. The van der Waals surface area contributed by atoms with E-state index in [1.165, 1.54) is 20.2 Å². The summed E-state index contributed by atoms with van der Waals surface area (Å²) in [7, 11) is 1.45. The van der Waals surface area contributed by atoms with Gasteiger partial charge in [0.1, 0.15) is 23.3 Å². The highest BCUT2D eigenvalue weighted by atomic mass is 31.1. The molecule has 0 bridgehead atoms. The number of aromatic nitrogens is 4. The number of methoxy groups -OCH3 is 1. The number of nitrogens with zero attached hydrogens (tertiary/aromatic N) is 4. The second kappa shape index (κ2) is 15.0. The Hall–Kier alpha value is -4.55. The Morgan fingerprint density at radius 3 is 2.56 bits per heavy atom. The predicted octanol–water partition coefficient (Wildman–Crippen LogP) is 6.33. The number of hydrogen-bond acceptors (Lipinski definition) is 9. The zero-order valence-corrected chi connectivity index (χ0v) is 25.9. The van der Waals surface area contributed by atoms with Gasteiger partial charge in [0.05, 0.1) is 30.2 Å². The Bertz CT molecular complexity index is 1660. The Morgan fingerprint density at radius 1 is 1.09 bits per heavy atom. The molecule has 0 saturated carbocycles. The fourth-order valence-electron chi connectivity index (χ4n) is 4.49. The van der Waals surface area contributed by atoms with Crippen LogP contribution in [0.3, 0.4) is 0 Å². The molecule has 0 fully saturated rings. The summed E-state index contributed by atoms with van der Waals surface area (Å²) in [6, 6.07) is 9.81. The number of ether oxygens (including phenoxy) is 1. The summed E-state index contributed by atoms with van der Waals surface area (Å²) in [5.41, 5.74) is 1.53. The maximum atomic E-state index is 14.0. The molecule has 15 heteroatoms. The van der Waals surface area contributed by atoms with E-state index >= 15 is 0 Å². The number of carbonyl (C=O) groups excluding carboxylic acids is 1. The number of alkyl halides is 3. The first-order chi connectivity index (χ1) is 21.6. The summed E-state index contributed by atoms with van der Waals surface area (Å²) in [5, 5.41) is 21.4. The molecule has 2 heterocycles. The Labute approximate surface area is 259 Å². The lowest BCUT2D eigenvalue weighted by Gasteiger charge is -2.17. The van der Waals surface area contributed by atoms with E-state index in [9.17, 15) is 22.5 Å². The van der Waals surface area contributed by atoms with Crippen LogP contribution < -0.4 is 20.7 Å². The first-order valence-electron chi connectivity index (χ1n) is 14.1. The Balaban J connectivity index is 1.67. The van der Waals surface area contributed by atoms with Crippen LogP contribution in [0.5, 0.6) is 5.75 Å². The van der Waals surface area contributed by atoms with Crippen LogP contribution in [-0.2, 0) is 23.4 Å². The van der Waals surface area contributed by atoms with Gasteiger partial charge in [-0.15, -0.1) is 0 Å². The molecule has 0 radical (unpaired) electrons. The van der Waals surface area contributed by atoms with E-state index in [-0.39, 0.29) is 23.8 Å². The third-order valence-corrected chi connectivity index (χ3v) is 8.36. The number of nitrogens with one attached hydrogen (secondary N) is 3. The number of hydrogen-bond donors (Lipinski definition) is 4. The van der Waals surface area contributed by atoms with E-state index in [1.807, 2.05) is 6.92 Å². The van der Waals surface area contributed by atoms with E-state index in [0.29, 0.717) is 54.1 Å². The van der Waals surface area contributed by atoms with Crippen molar-refractivity contribution in [1.82, 2.24) is 25.1 Å². The molecule has 45 heavy (non-hydrogen) atoms. The summed E-state index contributed by atoms with van der Waals surface area (Å²) >= 11 is 0. The second-order valence-electron chi connectivity index (χ2n) is 10.0. The van der Waals surface area contributed by atoms with E-state index in [0.717, 1.165) is 12.0 Å². The van der Waals surface area contributed by atoms with Crippen LogP contribution in [0.1, 0.15) is 41.3 Å². The predicted molar refractivity (Wildman–Crippen MR) is 166 cm³/mol. The number of aryl methyl sites for hydroxylation is 1. The fourth-order valence-corrected chi connectivity index (χ4v) is 5.75. The number of aliphatic hydroxyl groups is 1. The van der Waals surface area contributed by atoms with Crippen LogP contribution >= 0.6 is 7.80 Å². The van der Waals surface area contributed by atoms with E-state index in [1.54, 1.807) is 47.4 Å². The van der Waals surface area contributed by atoms with Crippen LogP contribution in [0.25, 0.3) is 11.1 Å². The molecule has 1 amide bonds. The quantitative estimate of drug-likeness (QED) is 0.116. The van der Waals surface area contributed by atoms with E-state index < -0.39 is 31.3 Å². The van der Waals surface area contributed by atoms with Gasteiger partial charge in [0.2, 0.25) is 5.95 Å². The van der Waals surface area contributed by atoms with Gasteiger partial charge in [-0.3, -0.25) is 9.48 Å². The van der Waals surface area contributed by atoms with Crippen LogP contribution in [0.15, 0.2) is 55.0 Å². The van der Waals surface area contributed by atoms with E-state index in [2.05, 4.69) is 31.0 Å². The van der Waals surface area contributed by atoms with Crippen LogP contribution in [0.2, 0.25) is 0 Å². The molecule has 2 aromatic heterocycles. The van der Waals surface area contributed by atoms with Crippen molar-refractivity contribution in [1.29, 1.82) is 0 Å². The molecule has 0 aliphatic carbocycles. The molecule has 0 aliphatic heterocycles. The van der Waals surface area contributed by atoms with Crippen molar-refractivity contribution in [3.05, 3.63) is 71.7 Å². The second-order valence-corrected chi connectivity index (χ2v) is 11.7. The molecule has 238 valence electrons. The molecular weight excluding hydrogens is 610 g/mol. The van der Waals surface area contributed by atoms with Gasteiger partial charge in [-0.2, -0.15) is 23.3 Å². The molecule has 2 aromatic carbocycles. The van der Waals surface area contributed by atoms with Gasteiger partial charge in [-0.1, -0.05) is 23.6 Å². The first kappa shape index (κ1) is 33.3. The third kappa shape index (κ3) is 8.55. The van der Waals surface area contributed by atoms with Crippen molar-refractivity contribution in [3.8, 4) is 16.9 Å². The maximum Gasteiger partial charge on any atom is 0.421 e. The molecule has 4 aromatic rings. The van der Waals surface area contributed by atoms with Crippen molar-refractivity contribution in [2.45, 2.75) is 38.6 Å². The van der Waals surface area contributed by atoms with Gasteiger partial charge in [0.15, 0.2) is 6.16 Å². The lowest BCUT2D eigenvalue weighted by Crippen LogP contribution is -2.20. The zero-order valence-electron chi connectivity index (χ0n) is 25.0. The molecule has 0 saturated heterocycles. The maximum absolute atomic E-state index is 14.0. The summed E-state index contributed by atoms with van der Waals surface area (Å²) in [6.45, 7) is 2.47. The topological polar surface area (TPSA) is 143 Å². The molecule has 1 atom stereocenters. The lowest BCUT2D eigenvalue weighted by molar-refractivity contribution is -0.137. The molecule has 0 spiro atoms. The Morgan fingerprint density at radius 2 is 1.87 bits per heavy atom. The highest BCUT2D eigenvalue weighted by Crippen LogP contribution is 2.38. The van der Waals surface area contributed by atoms with Crippen molar-refractivity contribution in [2.24, 2.45) is 0 Å². The number of aliphatic hydroxyl groups excluding tert-OH is 1. The van der Waals surface area contributed by atoms with Crippen LogP contribution in [-0.4, -0.2) is 57.7 Å². The number of halogens is 3. The number of amides is 1. The average Bonchev–Trinajstić information content (AvgIpc) is 3.49. The lowest BCUT2D eigenvalue weighted by atomic mass is 10.0. The van der Waals surface area contributed by atoms with Crippen LogP contribution in [0.4, 0.5) is 36.3 Å². The minimum Gasteiger partial charge on any atom is -0.495 e. The molecule has 4 rings (SSSR count). The summed E-state index contributed by atoms with van der Waals surface area (Å²) < 4.78 is 61.5. The normalized spacial score (nSPS) is 11.7. The van der Waals surface area contributed by atoms with Crippen molar-refractivity contribution in [3.63, 3.8) is 0 Å². The van der Waals surface area contributed by atoms with Gasteiger partial charge < -0.3 is 25.8 Å². The number of carbonyl (C=O) groups is 1. The van der Waals surface area contributed by atoms with Gasteiger partial charge in [0.25, 0.3) is 5.91 Å². The van der Waals surface area contributed by atoms with Crippen molar-refractivity contribution < 1.29 is 32.4 Å². The fraction of sp³-hybridized carbons (Fsp3) is 0.333. The van der Waals surface area contributed by atoms with Crippen LogP contribution in [0, 0.1) is 0 Å². The summed E-state index contributed by atoms with van der Waals surface area (Å²) in [6.07, 6.45) is 1.51. The van der Waals surface area contributed by atoms with E-state index in [4.69, 9.17) is 9.84 Å². The largest absolute Gasteiger partial charge is 0.495 e. The van der Waals surface area contributed by atoms with Crippen molar-refractivity contribution in [2.75, 3.05) is 37.6 Å². The first-order valence-corrected chi connectivity index (χ1v) is 15.8. The van der Waals surface area contributed by atoms with Gasteiger partial charge in [-0.05, 0) is 42.7 Å². The summed E-state index contributed by atoms with van der Waals surface area (Å²) in [5.74, 6) is -0.870. The smallest absolute Gasteiger partial charge is 0.421 e. The average molecular weight is 645 g/mol. The molecule has 4 N–H and O–H groups in total. The van der Waals surface area contributed by atoms with Gasteiger partial charge >= 0.3 is 14.0 Å². The minimum atomic E-state index is -4.80. The standard InChI is InChI=1S/C30H33F3N7O4P/c1-4-12-45(43)18-19-6-8-25(26(13-19)44-3)38-29-35-16-23(30(31,32)33)27(39-29)37-24-9-7-20(14-22(24)28(42)34-2)21-15-36-40(17-21)10-5-11-41/h6-9,13-17,41H,4-5,10-12,18H2,1-3H3,(H2-,34,35,37,38,39,42)/p+1. The van der Waals surface area contributed by atoms with Gasteiger partial charge in [-0.25, -0.2) is 4.98 Å². The highest BCUT2D eigenvalue weighted by Gasteiger charge is 2.36. The number of rotatable bonds is 14. The van der Waals surface area contributed by atoms with Crippen molar-refractivity contribution >= 4 is 36.8 Å². The summed E-state index contributed by atoms with van der Waals surface area (Å²) in [4.78, 5) is 20.8. The molecule has 11 nitrogen and oxygen atoms in total. The molecule has 0 aliphatic rings.